The largest absolute Gasteiger partial charge is 0.477 e. The van der Waals surface area contributed by atoms with Gasteiger partial charge in [0.1, 0.15) is 5.56 Å². The Balaban J connectivity index is 2.63. The Bertz CT molecular complexity index is 920. The highest BCUT2D eigenvalue weighted by atomic mass is 32.2. The Kier molecular flexibility index (Phi) is 3.75. The molecule has 1 aromatic carbocycles. The summed E-state index contributed by atoms with van der Waals surface area (Å²) in [6.07, 6.45) is 1.83. The molecule has 1 aliphatic rings. The molecule has 7 heteroatoms. The molecule has 3 rings (SSSR count). The molecular formula is C16H13F2NO3S. The van der Waals surface area contributed by atoms with E-state index in [-0.39, 0.29) is 33.1 Å². The van der Waals surface area contributed by atoms with Gasteiger partial charge in [0.25, 0.3) is 0 Å². The zero-order valence-corrected chi connectivity index (χ0v) is 13.0. The van der Waals surface area contributed by atoms with Gasteiger partial charge in [-0.3, -0.25) is 4.79 Å². The van der Waals surface area contributed by atoms with Crippen LogP contribution in [0.15, 0.2) is 22.5 Å². The number of rotatable bonds is 3. The SMILES string of the molecule is C=Cc1c(F)c(F)cc2c(=O)c(C(=O)O)c3n(c12)C(CC)CS3. The number of aromatic nitrogens is 1. The molecule has 0 spiro atoms. The summed E-state index contributed by atoms with van der Waals surface area (Å²) in [4.78, 5) is 24.0. The average molecular weight is 337 g/mol. The van der Waals surface area contributed by atoms with Crippen LogP contribution < -0.4 is 5.43 Å². The van der Waals surface area contributed by atoms with Crippen molar-refractivity contribution in [3.8, 4) is 0 Å². The van der Waals surface area contributed by atoms with E-state index in [1.807, 2.05) is 6.92 Å². The maximum absolute atomic E-state index is 14.1. The normalized spacial score (nSPS) is 16.6. The molecule has 0 aliphatic carbocycles. The lowest BCUT2D eigenvalue weighted by Gasteiger charge is -2.19. The van der Waals surface area contributed by atoms with Crippen molar-refractivity contribution < 1.29 is 18.7 Å². The summed E-state index contributed by atoms with van der Waals surface area (Å²) in [6.45, 7) is 5.42. The summed E-state index contributed by atoms with van der Waals surface area (Å²) in [5.74, 6) is -3.07. The molecule has 0 saturated heterocycles. The molecule has 0 radical (unpaired) electrons. The number of hydrogen-bond acceptors (Lipinski definition) is 3. The number of pyridine rings is 1. The van der Waals surface area contributed by atoms with E-state index in [1.54, 1.807) is 4.57 Å². The molecule has 1 N–H and O–H groups in total. The molecule has 0 fully saturated rings. The lowest BCUT2D eigenvalue weighted by molar-refractivity contribution is 0.0690. The second kappa shape index (κ2) is 5.49. The van der Waals surface area contributed by atoms with Crippen LogP contribution in [0.25, 0.3) is 17.0 Å². The van der Waals surface area contributed by atoms with Gasteiger partial charge in [-0.05, 0) is 12.5 Å². The Hall–Kier alpha value is -2.15. The minimum Gasteiger partial charge on any atom is -0.477 e. The molecule has 2 heterocycles. The number of carbonyl (C=O) groups is 1. The molecular weight excluding hydrogens is 324 g/mol. The number of aromatic carboxylic acids is 1. The molecule has 1 atom stereocenters. The predicted molar refractivity (Wildman–Crippen MR) is 85.2 cm³/mol. The number of nitrogens with zero attached hydrogens (tertiary/aromatic N) is 1. The fourth-order valence-corrected chi connectivity index (χ4v) is 4.38. The topological polar surface area (TPSA) is 59.3 Å². The van der Waals surface area contributed by atoms with Crippen LogP contribution in [0.1, 0.15) is 35.3 Å². The van der Waals surface area contributed by atoms with Gasteiger partial charge in [0.15, 0.2) is 11.6 Å². The third-order valence-corrected chi connectivity index (χ3v) is 5.27. The van der Waals surface area contributed by atoms with Crippen molar-refractivity contribution in [1.82, 2.24) is 4.57 Å². The van der Waals surface area contributed by atoms with Gasteiger partial charge in [-0.2, -0.15) is 0 Å². The van der Waals surface area contributed by atoms with Gasteiger partial charge in [-0.1, -0.05) is 19.6 Å². The van der Waals surface area contributed by atoms with E-state index in [0.29, 0.717) is 12.2 Å². The summed E-state index contributed by atoms with van der Waals surface area (Å²) < 4.78 is 29.6. The van der Waals surface area contributed by atoms with E-state index in [0.717, 1.165) is 12.1 Å². The fraction of sp³-hybridized carbons (Fsp3) is 0.250. The maximum atomic E-state index is 14.1. The molecule has 1 aromatic heterocycles. The number of carboxylic acid groups (broad SMARTS) is 1. The molecule has 0 amide bonds. The lowest BCUT2D eigenvalue weighted by Crippen LogP contribution is -2.22. The van der Waals surface area contributed by atoms with E-state index in [2.05, 4.69) is 6.58 Å². The summed E-state index contributed by atoms with van der Waals surface area (Å²) in [5.41, 5.74) is -1.10. The predicted octanol–water partition coefficient (Wildman–Crippen LogP) is 3.68. The first kappa shape index (κ1) is 15.7. The summed E-state index contributed by atoms with van der Waals surface area (Å²) in [5, 5.41) is 9.53. The molecule has 1 aliphatic heterocycles. The van der Waals surface area contributed by atoms with Crippen LogP contribution in [0.3, 0.4) is 0 Å². The minimum absolute atomic E-state index is 0.0974. The van der Waals surface area contributed by atoms with Crippen molar-refractivity contribution in [2.75, 3.05) is 5.75 Å². The second-order valence-electron chi connectivity index (χ2n) is 5.24. The first-order valence-electron chi connectivity index (χ1n) is 7.01. The highest BCUT2D eigenvalue weighted by Gasteiger charge is 2.32. The van der Waals surface area contributed by atoms with Crippen LogP contribution in [0.5, 0.6) is 0 Å². The lowest BCUT2D eigenvalue weighted by atomic mass is 10.0. The van der Waals surface area contributed by atoms with E-state index >= 15 is 0 Å². The standard InChI is InChI=1S/C16H13F2NO3S/c1-3-7-6-23-15-11(16(21)22)14(20)9-5-10(17)12(18)8(4-2)13(9)19(7)15/h4-5,7H,2-3,6H2,1H3,(H,21,22). The molecule has 2 aromatic rings. The molecule has 0 saturated carbocycles. The summed E-state index contributed by atoms with van der Waals surface area (Å²) in [7, 11) is 0. The zero-order valence-electron chi connectivity index (χ0n) is 12.2. The van der Waals surface area contributed by atoms with Crippen molar-refractivity contribution >= 4 is 34.7 Å². The third-order valence-electron chi connectivity index (χ3n) is 4.04. The van der Waals surface area contributed by atoms with Crippen LogP contribution in [-0.4, -0.2) is 21.4 Å². The quantitative estimate of drug-likeness (QED) is 0.928. The summed E-state index contributed by atoms with van der Waals surface area (Å²) >= 11 is 1.25. The van der Waals surface area contributed by atoms with Crippen LogP contribution in [0.2, 0.25) is 0 Å². The number of thioether (sulfide) groups is 1. The first-order chi connectivity index (χ1) is 10.9. The van der Waals surface area contributed by atoms with Crippen LogP contribution in [-0.2, 0) is 0 Å². The highest BCUT2D eigenvalue weighted by molar-refractivity contribution is 7.99. The Labute approximate surface area is 134 Å². The molecule has 1 unspecified atom stereocenters. The first-order valence-corrected chi connectivity index (χ1v) is 7.99. The van der Waals surface area contributed by atoms with Gasteiger partial charge in [0.05, 0.1) is 15.9 Å². The third kappa shape index (κ3) is 2.10. The monoisotopic (exact) mass is 337 g/mol. The molecule has 0 bridgehead atoms. The van der Waals surface area contributed by atoms with Gasteiger partial charge in [0, 0.05) is 17.4 Å². The fourth-order valence-electron chi connectivity index (χ4n) is 2.94. The number of hydrogen-bond donors (Lipinski definition) is 1. The van der Waals surface area contributed by atoms with E-state index in [9.17, 15) is 23.5 Å². The molecule has 4 nitrogen and oxygen atoms in total. The molecule has 120 valence electrons. The second-order valence-corrected chi connectivity index (χ2v) is 6.25. The number of carboxylic acids is 1. The number of halogens is 2. The van der Waals surface area contributed by atoms with Gasteiger partial charge in [-0.25, -0.2) is 13.6 Å². The van der Waals surface area contributed by atoms with Gasteiger partial charge in [-0.15, -0.1) is 11.8 Å². The van der Waals surface area contributed by atoms with Crippen LogP contribution >= 0.6 is 11.8 Å². The Morgan fingerprint density at radius 3 is 2.83 bits per heavy atom. The van der Waals surface area contributed by atoms with Crippen LogP contribution in [0.4, 0.5) is 8.78 Å². The smallest absolute Gasteiger partial charge is 0.342 e. The van der Waals surface area contributed by atoms with Gasteiger partial charge in [0.2, 0.25) is 5.43 Å². The van der Waals surface area contributed by atoms with Crippen molar-refractivity contribution in [3.05, 3.63) is 45.6 Å². The zero-order chi connectivity index (χ0) is 16.9. The number of benzene rings is 1. The van der Waals surface area contributed by atoms with E-state index in [4.69, 9.17) is 0 Å². The average Bonchev–Trinajstić information content (AvgIpc) is 2.92. The van der Waals surface area contributed by atoms with E-state index < -0.39 is 23.0 Å². The maximum Gasteiger partial charge on any atom is 0.342 e. The van der Waals surface area contributed by atoms with Gasteiger partial charge >= 0.3 is 5.97 Å². The highest BCUT2D eigenvalue weighted by Crippen LogP contribution is 2.40. The van der Waals surface area contributed by atoms with E-state index in [1.165, 1.54) is 11.8 Å². The molecule has 23 heavy (non-hydrogen) atoms. The van der Waals surface area contributed by atoms with Crippen molar-refractivity contribution in [3.63, 3.8) is 0 Å². The van der Waals surface area contributed by atoms with Crippen molar-refractivity contribution in [2.45, 2.75) is 24.4 Å². The number of fused-ring (bicyclic) bond motifs is 3. The summed E-state index contributed by atoms with van der Waals surface area (Å²) in [6, 6.07) is 0.676. The van der Waals surface area contributed by atoms with Crippen LogP contribution in [0, 0.1) is 11.6 Å². The Morgan fingerprint density at radius 2 is 2.26 bits per heavy atom. The van der Waals surface area contributed by atoms with Gasteiger partial charge < -0.3 is 9.67 Å². The Morgan fingerprint density at radius 1 is 1.57 bits per heavy atom. The van der Waals surface area contributed by atoms with Crippen molar-refractivity contribution in [2.24, 2.45) is 0 Å². The minimum atomic E-state index is -1.37. The van der Waals surface area contributed by atoms with Crippen molar-refractivity contribution in [1.29, 1.82) is 0 Å².